The standard InChI is InChI=1S/C21H16N4O8S/c1-3-32-20(27)17-11(2)23-19(26)15(10-12-4-6-13(7-5-12)24(28)29)34-21(23)22-18(17)14-8-9-16(33-14)25(30)31/h4-10,18H,3H2,1-2H3/b15-10-/t18-/m1/s1. The van der Waals surface area contributed by atoms with Crippen LogP contribution < -0.4 is 14.9 Å². The lowest BCUT2D eigenvalue weighted by Gasteiger charge is -2.20. The van der Waals surface area contributed by atoms with Crippen LogP contribution in [-0.4, -0.2) is 27.0 Å². The lowest BCUT2D eigenvalue weighted by Crippen LogP contribution is -2.35. The van der Waals surface area contributed by atoms with Crippen molar-refractivity contribution >= 4 is 40.7 Å². The van der Waals surface area contributed by atoms with Gasteiger partial charge in [-0.2, -0.15) is 0 Å². The number of esters is 1. The molecule has 1 aromatic carbocycles. The Hall–Kier alpha value is -4.39. The van der Waals surface area contributed by atoms with E-state index in [4.69, 9.17) is 9.15 Å². The van der Waals surface area contributed by atoms with Crippen LogP contribution in [0.2, 0.25) is 0 Å². The molecule has 0 aliphatic carbocycles. The third-order valence-corrected chi connectivity index (χ3v) is 5.99. The minimum absolute atomic E-state index is 0.0281. The van der Waals surface area contributed by atoms with Crippen LogP contribution in [0, 0.1) is 20.2 Å². The minimum atomic E-state index is -1.04. The zero-order chi connectivity index (χ0) is 24.6. The zero-order valence-electron chi connectivity index (χ0n) is 17.8. The highest BCUT2D eigenvalue weighted by molar-refractivity contribution is 7.07. The molecule has 0 saturated carbocycles. The fourth-order valence-electron chi connectivity index (χ4n) is 3.45. The van der Waals surface area contributed by atoms with Crippen LogP contribution in [0.4, 0.5) is 11.6 Å². The highest BCUT2D eigenvalue weighted by atomic mass is 32.1. The van der Waals surface area contributed by atoms with Gasteiger partial charge >= 0.3 is 11.9 Å². The average Bonchev–Trinajstić information content (AvgIpc) is 3.40. The van der Waals surface area contributed by atoms with Crippen molar-refractivity contribution < 1.29 is 23.8 Å². The number of aromatic nitrogens is 1. The zero-order valence-corrected chi connectivity index (χ0v) is 18.6. The second kappa shape index (κ2) is 8.86. The summed E-state index contributed by atoms with van der Waals surface area (Å²) >= 11 is 1.04. The van der Waals surface area contributed by atoms with E-state index >= 15 is 0 Å². The van der Waals surface area contributed by atoms with Gasteiger partial charge in [0.15, 0.2) is 4.80 Å². The summed E-state index contributed by atoms with van der Waals surface area (Å²) in [4.78, 5) is 51.3. The maximum atomic E-state index is 13.1. The Kier molecular flexibility index (Phi) is 5.94. The molecule has 0 spiro atoms. The number of carbonyl (C=O) groups is 1. The van der Waals surface area contributed by atoms with E-state index in [-0.39, 0.29) is 38.7 Å². The summed E-state index contributed by atoms with van der Waals surface area (Å²) in [5.41, 5.74) is 0.331. The Morgan fingerprint density at radius 2 is 1.91 bits per heavy atom. The van der Waals surface area contributed by atoms with E-state index < -0.39 is 33.3 Å². The van der Waals surface area contributed by atoms with E-state index in [0.717, 1.165) is 17.4 Å². The van der Waals surface area contributed by atoms with Gasteiger partial charge in [-0.05, 0) is 43.7 Å². The number of furan rings is 1. The van der Waals surface area contributed by atoms with E-state index in [1.807, 2.05) is 0 Å². The quantitative estimate of drug-likeness (QED) is 0.293. The van der Waals surface area contributed by atoms with Crippen LogP contribution in [0.1, 0.15) is 31.2 Å². The number of benzene rings is 1. The Bertz CT molecular complexity index is 1530. The van der Waals surface area contributed by atoms with E-state index in [2.05, 4.69) is 4.99 Å². The number of allylic oxidation sites excluding steroid dienone is 1. The summed E-state index contributed by atoms with van der Waals surface area (Å²) in [6.45, 7) is 3.25. The number of ether oxygens (including phenoxy) is 1. The van der Waals surface area contributed by atoms with Gasteiger partial charge in [-0.1, -0.05) is 11.3 Å². The van der Waals surface area contributed by atoms with Crippen molar-refractivity contribution in [3.8, 4) is 0 Å². The second-order valence-electron chi connectivity index (χ2n) is 7.07. The molecule has 3 heterocycles. The number of carbonyl (C=O) groups excluding carboxylic acids is 1. The lowest BCUT2D eigenvalue weighted by atomic mass is 10.0. The van der Waals surface area contributed by atoms with Gasteiger partial charge in [0, 0.05) is 17.8 Å². The molecular formula is C21H16N4O8S. The van der Waals surface area contributed by atoms with Gasteiger partial charge in [0.2, 0.25) is 0 Å². The number of rotatable bonds is 6. The van der Waals surface area contributed by atoms with Crippen LogP contribution in [-0.2, 0) is 9.53 Å². The Balaban J connectivity index is 1.89. The van der Waals surface area contributed by atoms with Crippen LogP contribution in [0.5, 0.6) is 0 Å². The smallest absolute Gasteiger partial charge is 0.433 e. The van der Waals surface area contributed by atoms with Gasteiger partial charge in [0.1, 0.15) is 16.7 Å². The maximum absolute atomic E-state index is 13.1. The second-order valence-corrected chi connectivity index (χ2v) is 8.08. The topological polar surface area (TPSA) is 160 Å². The van der Waals surface area contributed by atoms with Crippen molar-refractivity contribution in [2.45, 2.75) is 19.9 Å². The van der Waals surface area contributed by atoms with E-state index in [1.54, 1.807) is 19.9 Å². The molecule has 1 aliphatic heterocycles. The highest BCUT2D eigenvalue weighted by Crippen LogP contribution is 2.34. The Morgan fingerprint density at radius 1 is 1.21 bits per heavy atom. The van der Waals surface area contributed by atoms with E-state index in [1.165, 1.54) is 34.9 Å². The molecule has 12 nitrogen and oxygen atoms in total. The largest absolute Gasteiger partial charge is 0.463 e. The first-order chi connectivity index (χ1) is 16.2. The molecule has 0 amide bonds. The van der Waals surface area contributed by atoms with E-state index in [0.29, 0.717) is 5.56 Å². The number of non-ortho nitro benzene ring substituents is 1. The molecule has 4 rings (SSSR count). The third-order valence-electron chi connectivity index (χ3n) is 5.00. The average molecular weight is 484 g/mol. The number of nitro groups is 2. The Labute approximate surface area is 194 Å². The van der Waals surface area contributed by atoms with Crippen molar-refractivity contribution in [1.29, 1.82) is 0 Å². The van der Waals surface area contributed by atoms with Crippen molar-refractivity contribution in [3.05, 3.63) is 93.2 Å². The first-order valence-electron chi connectivity index (χ1n) is 9.89. The Morgan fingerprint density at radius 3 is 2.50 bits per heavy atom. The normalized spacial score (nSPS) is 15.6. The first-order valence-corrected chi connectivity index (χ1v) is 10.7. The number of nitrogens with zero attached hydrogens (tertiary/aromatic N) is 4. The molecule has 0 bridgehead atoms. The van der Waals surface area contributed by atoms with E-state index in [9.17, 15) is 29.8 Å². The van der Waals surface area contributed by atoms with Gasteiger partial charge in [-0.3, -0.25) is 29.6 Å². The molecule has 34 heavy (non-hydrogen) atoms. The van der Waals surface area contributed by atoms with Crippen molar-refractivity contribution in [2.75, 3.05) is 6.61 Å². The molecule has 1 atom stereocenters. The van der Waals surface area contributed by atoms with Crippen LogP contribution in [0.3, 0.4) is 0 Å². The molecule has 0 saturated heterocycles. The summed E-state index contributed by atoms with van der Waals surface area (Å²) in [5, 5.41) is 21.9. The van der Waals surface area contributed by atoms with Gasteiger partial charge in [0.05, 0.1) is 27.7 Å². The van der Waals surface area contributed by atoms with Crippen molar-refractivity contribution in [1.82, 2.24) is 4.57 Å². The predicted octanol–water partition coefficient (Wildman–Crippen LogP) is 2.32. The number of fused-ring (bicyclic) bond motifs is 1. The summed E-state index contributed by atoms with van der Waals surface area (Å²) in [6.07, 6.45) is 1.56. The molecule has 0 radical (unpaired) electrons. The monoisotopic (exact) mass is 484 g/mol. The molecule has 0 unspecified atom stereocenters. The molecule has 13 heteroatoms. The van der Waals surface area contributed by atoms with Gasteiger partial charge < -0.3 is 9.15 Å². The summed E-state index contributed by atoms with van der Waals surface area (Å²) in [7, 11) is 0. The van der Waals surface area contributed by atoms with Gasteiger partial charge in [0.25, 0.3) is 11.2 Å². The molecule has 0 fully saturated rings. The van der Waals surface area contributed by atoms with Crippen molar-refractivity contribution in [3.63, 3.8) is 0 Å². The SMILES string of the molecule is CCOC(=O)C1=C(C)n2c(s/c(=C\c3ccc([N+](=O)[O-])cc3)c2=O)=N[C@@H]1c1ccc([N+](=O)[O-])o1. The fraction of sp³-hybridized carbons (Fsp3) is 0.190. The van der Waals surface area contributed by atoms with Crippen LogP contribution >= 0.6 is 11.3 Å². The fourth-order valence-corrected chi connectivity index (χ4v) is 4.49. The predicted molar refractivity (Wildman–Crippen MR) is 120 cm³/mol. The van der Waals surface area contributed by atoms with Crippen molar-refractivity contribution in [2.24, 2.45) is 4.99 Å². The lowest BCUT2D eigenvalue weighted by molar-refractivity contribution is -0.402. The highest BCUT2D eigenvalue weighted by Gasteiger charge is 2.34. The molecule has 3 aromatic rings. The number of thiazole rings is 1. The van der Waals surface area contributed by atoms with Gasteiger partial charge in [-0.15, -0.1) is 0 Å². The van der Waals surface area contributed by atoms with Crippen LogP contribution in [0.25, 0.3) is 11.8 Å². The third kappa shape index (κ3) is 4.03. The molecular weight excluding hydrogens is 468 g/mol. The summed E-state index contributed by atoms with van der Waals surface area (Å²) in [5.74, 6) is -1.17. The summed E-state index contributed by atoms with van der Waals surface area (Å²) in [6, 6.07) is 7.14. The number of nitro benzene ring substituents is 1. The maximum Gasteiger partial charge on any atom is 0.433 e. The molecule has 2 aromatic heterocycles. The number of hydrogen-bond donors (Lipinski definition) is 0. The van der Waals surface area contributed by atoms with Gasteiger partial charge in [-0.25, -0.2) is 9.79 Å². The molecule has 174 valence electrons. The van der Waals surface area contributed by atoms with Crippen LogP contribution in [0.15, 0.2) is 56.2 Å². The molecule has 0 N–H and O–H groups in total. The number of hydrogen-bond acceptors (Lipinski definition) is 10. The summed E-state index contributed by atoms with van der Waals surface area (Å²) < 4.78 is 12.0. The minimum Gasteiger partial charge on any atom is -0.463 e. The molecule has 1 aliphatic rings. The first kappa shape index (κ1) is 22.8.